The Bertz CT molecular complexity index is 393. The Kier molecular flexibility index (Phi) is 2.22. The fourth-order valence-electron chi connectivity index (χ4n) is 3.27. The molecule has 1 N–H and O–H groups in total. The van der Waals surface area contributed by atoms with Crippen LogP contribution < -0.4 is 5.32 Å². The maximum Gasteiger partial charge on any atom is 0.0509 e. The van der Waals surface area contributed by atoms with Gasteiger partial charge in [-0.05, 0) is 55.7 Å². The van der Waals surface area contributed by atoms with Gasteiger partial charge in [-0.3, -0.25) is 0 Å². The molecule has 0 radical (unpaired) electrons. The van der Waals surface area contributed by atoms with Gasteiger partial charge in [0.05, 0.1) is 5.54 Å². The molecule has 1 heterocycles. The van der Waals surface area contributed by atoms with Crippen LogP contribution in [0.25, 0.3) is 0 Å². The van der Waals surface area contributed by atoms with E-state index in [0.717, 1.165) is 12.3 Å². The van der Waals surface area contributed by atoms with Crippen molar-refractivity contribution in [2.75, 3.05) is 7.05 Å². The molecule has 0 spiro atoms. The molecule has 0 unspecified atom stereocenters. The molecule has 0 aromatic carbocycles. The Morgan fingerprint density at radius 3 is 3.27 bits per heavy atom. The maximum atomic E-state index is 3.62. The highest BCUT2D eigenvalue weighted by atomic mass is 32.1. The second kappa shape index (κ2) is 3.46. The highest BCUT2D eigenvalue weighted by Gasteiger charge is 2.43. The molecule has 2 atom stereocenters. The standard InChI is InChI=1S/C13H17NS/c1-14-13-8-3-2-4-10(13)5-6-12-11(13)7-9-15-12/h2-3,7,9-10,14H,4-6,8H2,1H3/t10-,13+/m1/s1. The Balaban J connectivity index is 2.13. The van der Waals surface area contributed by atoms with Crippen molar-refractivity contribution in [2.24, 2.45) is 5.92 Å². The third kappa shape index (κ3) is 1.25. The minimum absolute atomic E-state index is 0.252. The molecule has 2 aliphatic rings. The first-order valence-electron chi connectivity index (χ1n) is 5.77. The van der Waals surface area contributed by atoms with Crippen molar-refractivity contribution >= 4 is 11.3 Å². The average molecular weight is 219 g/mol. The van der Waals surface area contributed by atoms with E-state index in [0.29, 0.717) is 0 Å². The van der Waals surface area contributed by atoms with Crippen molar-refractivity contribution in [1.82, 2.24) is 5.32 Å². The molecule has 0 saturated carbocycles. The first-order valence-corrected chi connectivity index (χ1v) is 6.65. The van der Waals surface area contributed by atoms with Gasteiger partial charge < -0.3 is 5.32 Å². The molecular weight excluding hydrogens is 202 g/mol. The molecule has 0 fully saturated rings. The lowest BCUT2D eigenvalue weighted by atomic mass is 9.66. The smallest absolute Gasteiger partial charge is 0.0509 e. The summed E-state index contributed by atoms with van der Waals surface area (Å²) in [7, 11) is 2.12. The summed E-state index contributed by atoms with van der Waals surface area (Å²) in [5.74, 6) is 0.801. The van der Waals surface area contributed by atoms with Crippen LogP contribution in [0.2, 0.25) is 0 Å². The second-order valence-corrected chi connectivity index (χ2v) is 5.63. The van der Waals surface area contributed by atoms with Crippen molar-refractivity contribution in [3.63, 3.8) is 0 Å². The summed E-state index contributed by atoms with van der Waals surface area (Å²) >= 11 is 1.93. The van der Waals surface area contributed by atoms with Crippen molar-refractivity contribution in [3.8, 4) is 0 Å². The number of aryl methyl sites for hydroxylation is 1. The zero-order valence-electron chi connectivity index (χ0n) is 9.12. The van der Waals surface area contributed by atoms with Crippen molar-refractivity contribution in [1.29, 1.82) is 0 Å². The van der Waals surface area contributed by atoms with Gasteiger partial charge in [0, 0.05) is 4.88 Å². The molecule has 3 rings (SSSR count). The van der Waals surface area contributed by atoms with Gasteiger partial charge in [-0.25, -0.2) is 0 Å². The number of rotatable bonds is 1. The van der Waals surface area contributed by atoms with Crippen LogP contribution in [0.15, 0.2) is 23.6 Å². The molecule has 1 aromatic rings. The molecule has 0 aliphatic heterocycles. The molecule has 0 saturated heterocycles. The van der Waals surface area contributed by atoms with Crippen LogP contribution in [-0.4, -0.2) is 7.05 Å². The van der Waals surface area contributed by atoms with E-state index < -0.39 is 0 Å². The SMILES string of the molecule is CN[C@@]12CC=CC[C@@H]1CCc1sccc12. The van der Waals surface area contributed by atoms with E-state index in [9.17, 15) is 0 Å². The molecular formula is C13H17NS. The number of fused-ring (bicyclic) bond motifs is 3. The minimum Gasteiger partial charge on any atom is -0.310 e. The molecule has 1 aromatic heterocycles. The summed E-state index contributed by atoms with van der Waals surface area (Å²) in [4.78, 5) is 1.61. The topological polar surface area (TPSA) is 12.0 Å². The average Bonchev–Trinajstić information content (AvgIpc) is 2.77. The third-order valence-electron chi connectivity index (χ3n) is 4.12. The summed E-state index contributed by atoms with van der Waals surface area (Å²) in [6, 6.07) is 2.34. The van der Waals surface area contributed by atoms with Gasteiger partial charge >= 0.3 is 0 Å². The highest BCUT2D eigenvalue weighted by Crippen LogP contribution is 2.47. The number of thiophene rings is 1. The summed E-state index contributed by atoms with van der Waals surface area (Å²) in [5.41, 5.74) is 1.83. The van der Waals surface area contributed by atoms with E-state index in [1.54, 1.807) is 10.4 Å². The second-order valence-electron chi connectivity index (χ2n) is 4.63. The fourth-order valence-corrected chi connectivity index (χ4v) is 4.25. The van der Waals surface area contributed by atoms with Gasteiger partial charge in [0.25, 0.3) is 0 Å². The third-order valence-corrected chi connectivity index (χ3v) is 5.10. The Hall–Kier alpha value is -0.600. The van der Waals surface area contributed by atoms with E-state index in [2.05, 4.69) is 36.0 Å². The predicted molar refractivity (Wildman–Crippen MR) is 65.2 cm³/mol. The maximum absolute atomic E-state index is 3.62. The van der Waals surface area contributed by atoms with Crippen LogP contribution in [0.1, 0.15) is 29.7 Å². The zero-order valence-corrected chi connectivity index (χ0v) is 9.94. The van der Waals surface area contributed by atoms with E-state index in [1.807, 2.05) is 11.3 Å². The van der Waals surface area contributed by atoms with E-state index in [4.69, 9.17) is 0 Å². The first kappa shape index (κ1) is 9.61. The van der Waals surface area contributed by atoms with Gasteiger partial charge in [0.2, 0.25) is 0 Å². The number of hydrogen-bond acceptors (Lipinski definition) is 2. The summed E-state index contributed by atoms with van der Waals surface area (Å²) < 4.78 is 0. The lowest BCUT2D eigenvalue weighted by molar-refractivity contribution is 0.189. The Morgan fingerprint density at radius 2 is 2.40 bits per heavy atom. The summed E-state index contributed by atoms with van der Waals surface area (Å²) in [6.45, 7) is 0. The largest absolute Gasteiger partial charge is 0.310 e. The molecule has 80 valence electrons. The summed E-state index contributed by atoms with van der Waals surface area (Å²) in [6.07, 6.45) is 9.75. The quantitative estimate of drug-likeness (QED) is 0.716. The van der Waals surface area contributed by atoms with Crippen LogP contribution in [0.4, 0.5) is 0 Å². The lowest BCUT2D eigenvalue weighted by Crippen LogP contribution is -2.49. The van der Waals surface area contributed by atoms with Gasteiger partial charge in [-0.1, -0.05) is 12.2 Å². The first-order chi connectivity index (χ1) is 7.37. The van der Waals surface area contributed by atoms with E-state index in [1.165, 1.54) is 19.3 Å². The van der Waals surface area contributed by atoms with Crippen LogP contribution in [0, 0.1) is 5.92 Å². The monoisotopic (exact) mass is 219 g/mol. The minimum atomic E-state index is 0.252. The van der Waals surface area contributed by atoms with Crippen LogP contribution in [-0.2, 0) is 12.0 Å². The molecule has 2 aliphatic carbocycles. The van der Waals surface area contributed by atoms with Crippen LogP contribution in [0.3, 0.4) is 0 Å². The van der Waals surface area contributed by atoms with Gasteiger partial charge in [0.15, 0.2) is 0 Å². The Labute approximate surface area is 95.2 Å². The van der Waals surface area contributed by atoms with Crippen LogP contribution >= 0.6 is 11.3 Å². The molecule has 2 heteroatoms. The van der Waals surface area contributed by atoms with Gasteiger partial charge in [0.1, 0.15) is 0 Å². The molecule has 1 nitrogen and oxygen atoms in total. The van der Waals surface area contributed by atoms with E-state index >= 15 is 0 Å². The van der Waals surface area contributed by atoms with Gasteiger partial charge in [-0.2, -0.15) is 0 Å². The fraction of sp³-hybridized carbons (Fsp3) is 0.538. The lowest BCUT2D eigenvalue weighted by Gasteiger charge is -2.45. The van der Waals surface area contributed by atoms with Crippen LogP contribution in [0.5, 0.6) is 0 Å². The van der Waals surface area contributed by atoms with Crippen molar-refractivity contribution in [3.05, 3.63) is 34.0 Å². The highest BCUT2D eigenvalue weighted by molar-refractivity contribution is 7.10. The predicted octanol–water partition coefficient (Wildman–Crippen LogP) is 3.08. The molecule has 15 heavy (non-hydrogen) atoms. The number of allylic oxidation sites excluding steroid dienone is 1. The van der Waals surface area contributed by atoms with Gasteiger partial charge in [-0.15, -0.1) is 11.3 Å². The van der Waals surface area contributed by atoms with Crippen molar-refractivity contribution < 1.29 is 0 Å². The Morgan fingerprint density at radius 1 is 1.47 bits per heavy atom. The number of nitrogens with one attached hydrogen (secondary N) is 1. The zero-order chi connectivity index (χ0) is 10.3. The summed E-state index contributed by atoms with van der Waals surface area (Å²) in [5, 5.41) is 5.87. The molecule has 0 bridgehead atoms. The van der Waals surface area contributed by atoms with Crippen molar-refractivity contribution in [2.45, 2.75) is 31.2 Å². The molecule has 0 amide bonds. The van der Waals surface area contributed by atoms with E-state index in [-0.39, 0.29) is 5.54 Å². The number of hydrogen-bond donors (Lipinski definition) is 1. The normalized spacial score (nSPS) is 33.5.